The lowest BCUT2D eigenvalue weighted by atomic mass is 10.0. The van der Waals surface area contributed by atoms with Crippen molar-refractivity contribution in [2.75, 3.05) is 40.3 Å². The molecule has 1 atom stereocenters. The van der Waals surface area contributed by atoms with Crippen molar-refractivity contribution in [2.45, 2.75) is 39.7 Å². The lowest BCUT2D eigenvalue weighted by Gasteiger charge is -2.36. The first-order valence-corrected chi connectivity index (χ1v) is 8.34. The van der Waals surface area contributed by atoms with E-state index in [9.17, 15) is 0 Å². The van der Waals surface area contributed by atoms with Crippen LogP contribution in [0.3, 0.4) is 0 Å². The molecule has 0 radical (unpaired) electrons. The molecule has 1 aromatic rings. The normalized spacial score (nSPS) is 21.7. The molecule has 1 aliphatic heterocycles. The number of aryl methyl sites for hydroxylation is 2. The maximum absolute atomic E-state index is 4.50. The summed E-state index contributed by atoms with van der Waals surface area (Å²) in [6.07, 6.45) is 2.59. The first-order valence-electron chi connectivity index (χ1n) is 8.34. The number of hydrogen-bond acceptors (Lipinski definition) is 3. The smallest absolute Gasteiger partial charge is 0.0355 e. The zero-order valence-corrected chi connectivity index (χ0v) is 14.5. The Morgan fingerprint density at radius 2 is 1.67 bits per heavy atom. The average Bonchev–Trinajstić information content (AvgIpc) is 2.95. The standard InChI is InChI=1S/C15H22N2.C2H6.CH5N/c1-12-3-4-13-5-6-15(14(13)11-12)17-9-7-16(2)8-10-17;2*1-2/h3-4,11,15H,5-10H2,1-2H3;1-2H3;2H2,1H3. The number of likely N-dealkylation sites (N-methyl/N-ethyl adjacent to an activating group) is 1. The molecule has 1 aromatic carbocycles. The quantitative estimate of drug-likeness (QED) is 0.863. The van der Waals surface area contributed by atoms with Crippen molar-refractivity contribution in [3.05, 3.63) is 34.9 Å². The lowest BCUT2D eigenvalue weighted by molar-refractivity contribution is 0.111. The van der Waals surface area contributed by atoms with Crippen molar-refractivity contribution in [3.63, 3.8) is 0 Å². The zero-order chi connectivity index (χ0) is 15.8. The summed E-state index contributed by atoms with van der Waals surface area (Å²) >= 11 is 0. The Kier molecular flexibility index (Phi) is 7.94. The predicted octanol–water partition coefficient (Wildman–Crippen LogP) is 2.83. The van der Waals surface area contributed by atoms with Crippen LogP contribution in [0.1, 0.15) is 43.0 Å². The Hall–Kier alpha value is -0.900. The van der Waals surface area contributed by atoms with Gasteiger partial charge in [-0.15, -0.1) is 0 Å². The molecule has 0 aromatic heterocycles. The molecule has 2 N–H and O–H groups in total. The first-order chi connectivity index (χ1) is 10.2. The van der Waals surface area contributed by atoms with Crippen molar-refractivity contribution >= 4 is 0 Å². The highest BCUT2D eigenvalue weighted by Crippen LogP contribution is 2.36. The summed E-state index contributed by atoms with van der Waals surface area (Å²) in [5.41, 5.74) is 9.10. The summed E-state index contributed by atoms with van der Waals surface area (Å²) in [6, 6.07) is 7.69. The summed E-state index contributed by atoms with van der Waals surface area (Å²) in [5, 5.41) is 0. The number of nitrogens with two attached hydrogens (primary N) is 1. The number of hydrogen-bond donors (Lipinski definition) is 1. The molecule has 3 nitrogen and oxygen atoms in total. The van der Waals surface area contributed by atoms with Gasteiger partial charge in [-0.05, 0) is 45.0 Å². The van der Waals surface area contributed by atoms with E-state index < -0.39 is 0 Å². The maximum Gasteiger partial charge on any atom is 0.0355 e. The molecule has 21 heavy (non-hydrogen) atoms. The molecule has 1 heterocycles. The van der Waals surface area contributed by atoms with Gasteiger partial charge in [0.2, 0.25) is 0 Å². The van der Waals surface area contributed by atoms with E-state index in [0.717, 1.165) is 0 Å². The lowest BCUT2D eigenvalue weighted by Crippen LogP contribution is -2.45. The van der Waals surface area contributed by atoms with Crippen molar-refractivity contribution < 1.29 is 0 Å². The van der Waals surface area contributed by atoms with Gasteiger partial charge in [-0.1, -0.05) is 37.6 Å². The summed E-state index contributed by atoms with van der Waals surface area (Å²) in [7, 11) is 3.73. The Morgan fingerprint density at radius 1 is 1.05 bits per heavy atom. The van der Waals surface area contributed by atoms with Gasteiger partial charge in [-0.25, -0.2) is 0 Å². The van der Waals surface area contributed by atoms with E-state index in [1.807, 2.05) is 13.8 Å². The molecule has 3 heteroatoms. The SMILES string of the molecule is CC.CN.Cc1ccc2c(c1)C(N1CCN(C)CC1)CC2. The largest absolute Gasteiger partial charge is 0.333 e. The van der Waals surface area contributed by atoms with Crippen molar-refractivity contribution in [2.24, 2.45) is 5.73 Å². The molecule has 0 saturated carbocycles. The van der Waals surface area contributed by atoms with Gasteiger partial charge in [0.15, 0.2) is 0 Å². The molecule has 0 bridgehead atoms. The molecule has 2 aliphatic rings. The van der Waals surface area contributed by atoms with Crippen LogP contribution in [0.5, 0.6) is 0 Å². The minimum Gasteiger partial charge on any atom is -0.333 e. The van der Waals surface area contributed by atoms with Crippen LogP contribution in [-0.4, -0.2) is 50.1 Å². The van der Waals surface area contributed by atoms with Crippen LogP contribution in [0.15, 0.2) is 18.2 Å². The van der Waals surface area contributed by atoms with Gasteiger partial charge < -0.3 is 10.6 Å². The Balaban J connectivity index is 0.000000510. The summed E-state index contributed by atoms with van der Waals surface area (Å²) in [4.78, 5) is 5.12. The second-order valence-corrected chi connectivity index (χ2v) is 5.60. The minimum atomic E-state index is 0.693. The van der Waals surface area contributed by atoms with E-state index in [1.54, 1.807) is 11.1 Å². The van der Waals surface area contributed by atoms with Gasteiger partial charge in [0.1, 0.15) is 0 Å². The number of fused-ring (bicyclic) bond motifs is 1. The highest BCUT2D eigenvalue weighted by Gasteiger charge is 2.29. The molecular weight excluding hydrogens is 258 g/mol. The van der Waals surface area contributed by atoms with Gasteiger partial charge in [0, 0.05) is 32.2 Å². The summed E-state index contributed by atoms with van der Waals surface area (Å²) in [6.45, 7) is 11.1. The van der Waals surface area contributed by atoms with Gasteiger partial charge in [-0.3, -0.25) is 4.90 Å². The first kappa shape index (κ1) is 18.1. The van der Waals surface area contributed by atoms with Gasteiger partial charge in [-0.2, -0.15) is 0 Å². The fraction of sp³-hybridized carbons (Fsp3) is 0.667. The van der Waals surface area contributed by atoms with E-state index in [2.05, 4.69) is 47.7 Å². The molecule has 120 valence electrons. The number of piperazine rings is 1. The summed E-state index contributed by atoms with van der Waals surface area (Å²) in [5.74, 6) is 0. The van der Waals surface area contributed by atoms with Gasteiger partial charge in [0.25, 0.3) is 0 Å². The van der Waals surface area contributed by atoms with Crippen LogP contribution in [0.25, 0.3) is 0 Å². The van der Waals surface area contributed by atoms with Gasteiger partial charge in [0.05, 0.1) is 0 Å². The Morgan fingerprint density at radius 3 is 2.29 bits per heavy atom. The van der Waals surface area contributed by atoms with E-state index in [4.69, 9.17) is 0 Å². The van der Waals surface area contributed by atoms with Gasteiger partial charge >= 0.3 is 0 Å². The Bertz CT molecular complexity index is 409. The molecule has 0 amide bonds. The van der Waals surface area contributed by atoms with Crippen LogP contribution in [0.2, 0.25) is 0 Å². The third-order valence-corrected chi connectivity index (χ3v) is 4.33. The van der Waals surface area contributed by atoms with Crippen LogP contribution < -0.4 is 5.73 Å². The molecule has 1 aliphatic carbocycles. The fourth-order valence-electron chi connectivity index (χ4n) is 3.21. The molecule has 1 saturated heterocycles. The average molecular weight is 291 g/mol. The topological polar surface area (TPSA) is 32.5 Å². The van der Waals surface area contributed by atoms with Crippen molar-refractivity contribution in [1.29, 1.82) is 0 Å². The van der Waals surface area contributed by atoms with Crippen molar-refractivity contribution in [3.8, 4) is 0 Å². The van der Waals surface area contributed by atoms with E-state index in [1.165, 1.54) is 51.6 Å². The van der Waals surface area contributed by atoms with Crippen LogP contribution in [0.4, 0.5) is 0 Å². The maximum atomic E-state index is 4.50. The second kappa shape index (κ2) is 9.19. The Labute approximate surface area is 131 Å². The third kappa shape index (κ3) is 4.53. The highest BCUT2D eigenvalue weighted by molar-refractivity contribution is 5.37. The van der Waals surface area contributed by atoms with Crippen LogP contribution >= 0.6 is 0 Å². The molecule has 3 rings (SSSR count). The van der Waals surface area contributed by atoms with E-state index in [-0.39, 0.29) is 0 Å². The number of rotatable bonds is 1. The van der Waals surface area contributed by atoms with E-state index >= 15 is 0 Å². The molecule has 0 spiro atoms. The number of benzene rings is 1. The predicted molar refractivity (Wildman–Crippen MR) is 92.8 cm³/mol. The minimum absolute atomic E-state index is 0.693. The van der Waals surface area contributed by atoms with Crippen molar-refractivity contribution in [1.82, 2.24) is 9.80 Å². The monoisotopic (exact) mass is 291 g/mol. The fourth-order valence-corrected chi connectivity index (χ4v) is 3.21. The molecule has 1 fully saturated rings. The zero-order valence-electron chi connectivity index (χ0n) is 14.5. The number of nitrogens with zero attached hydrogens (tertiary/aromatic N) is 2. The second-order valence-electron chi connectivity index (χ2n) is 5.60. The van der Waals surface area contributed by atoms with Crippen LogP contribution in [-0.2, 0) is 6.42 Å². The van der Waals surface area contributed by atoms with Crippen LogP contribution in [0, 0.1) is 6.92 Å². The molecule has 1 unspecified atom stereocenters. The summed E-state index contributed by atoms with van der Waals surface area (Å²) < 4.78 is 0. The molecular formula is C18H33N3. The third-order valence-electron chi connectivity index (χ3n) is 4.33. The highest BCUT2D eigenvalue weighted by atomic mass is 15.3. The van der Waals surface area contributed by atoms with E-state index in [0.29, 0.717) is 6.04 Å².